The molecule has 0 bridgehead atoms. The summed E-state index contributed by atoms with van der Waals surface area (Å²) < 4.78 is 45.1. The van der Waals surface area contributed by atoms with Crippen LogP contribution in [0.5, 0.6) is 5.75 Å². The molecule has 0 amide bonds. The van der Waals surface area contributed by atoms with Crippen LogP contribution in [0.2, 0.25) is 0 Å². The quantitative estimate of drug-likeness (QED) is 0.0226. The Morgan fingerprint density at radius 3 is 1.82 bits per heavy atom. The van der Waals surface area contributed by atoms with Crippen molar-refractivity contribution in [2.45, 2.75) is 101 Å². The smallest absolute Gasteiger partial charge is 0.328 e. The minimum atomic E-state index is -1.21. The molecular weight excluding hydrogens is 875 g/mol. The summed E-state index contributed by atoms with van der Waals surface area (Å²) in [5.74, 6) is 0.877. The van der Waals surface area contributed by atoms with Crippen LogP contribution in [0, 0.1) is 0 Å². The summed E-state index contributed by atoms with van der Waals surface area (Å²) in [6.45, 7) is 4.12. The van der Waals surface area contributed by atoms with E-state index in [1.165, 1.54) is 37.7 Å². The van der Waals surface area contributed by atoms with E-state index in [0.717, 1.165) is 100 Å². The summed E-state index contributed by atoms with van der Waals surface area (Å²) >= 11 is 0. The summed E-state index contributed by atoms with van der Waals surface area (Å²) in [4.78, 5) is 47.8. The van der Waals surface area contributed by atoms with Crippen molar-refractivity contribution in [3.63, 3.8) is 0 Å². The largest absolute Gasteiger partial charge is 0.480 e. The van der Waals surface area contributed by atoms with Gasteiger partial charge in [-0.25, -0.2) is 33.3 Å². The number of carbonyl (C=O) groups is 2. The molecule has 370 valence electrons. The number of aryl methyl sites for hydroxylation is 4. The number of aromatic nitrogens is 4. The molecule has 0 radical (unpaired) electrons. The zero-order chi connectivity index (χ0) is 48.1. The van der Waals surface area contributed by atoms with Crippen LogP contribution in [0.4, 0.5) is 26.2 Å². The van der Waals surface area contributed by atoms with Gasteiger partial charge in [-0.05, 0) is 138 Å². The number of benzene rings is 1. The molecule has 2 aliphatic heterocycles. The number of carboxylic acids is 1. The predicted molar refractivity (Wildman–Crippen MR) is 260 cm³/mol. The second-order valence-electron chi connectivity index (χ2n) is 17.8. The molecule has 3 aromatic heterocycles. The van der Waals surface area contributed by atoms with Crippen molar-refractivity contribution in [2.75, 3.05) is 95.7 Å². The number of halogens is 2. The van der Waals surface area contributed by atoms with Gasteiger partial charge < -0.3 is 50.8 Å². The number of hydrogen-bond acceptors (Lipinski definition) is 15. The number of carboxylic acid groups (broad SMARTS) is 1. The molecule has 1 aromatic carbocycles. The van der Waals surface area contributed by atoms with Crippen molar-refractivity contribution in [2.24, 2.45) is 5.73 Å². The molecule has 6 rings (SSSR count). The van der Waals surface area contributed by atoms with Crippen molar-refractivity contribution in [3.8, 4) is 17.0 Å². The Kier molecular flexibility index (Phi) is 21.1. The van der Waals surface area contributed by atoms with Crippen LogP contribution < -0.4 is 26.4 Å². The third-order valence-electron chi connectivity index (χ3n) is 12.3. The van der Waals surface area contributed by atoms with Gasteiger partial charge in [-0.15, -0.1) is 0 Å². The number of methoxy groups -OCH3 is 2. The third-order valence-corrected chi connectivity index (χ3v) is 12.3. The average Bonchev–Trinajstić information content (AvgIpc) is 3.34. The fourth-order valence-electron chi connectivity index (χ4n) is 8.54. The van der Waals surface area contributed by atoms with Crippen LogP contribution >= 0.6 is 0 Å². The molecule has 6 N–H and O–H groups in total. The third kappa shape index (κ3) is 17.0. The van der Waals surface area contributed by atoms with Gasteiger partial charge in [-0.3, -0.25) is 4.98 Å². The number of hydrogen-bond donors (Lipinski definition) is 5. The standard InChI is InChI=1S/C50H70F2N10O6/c1-66-33-38(51)31-61(25-5-3-11-40-17-13-36-9-7-23-54-47(36)58-40)27-21-43(53)50(65)68-42-19-15-35(16-20-42)45-29-57-46(30-56-45)60-44(49(63)64)22-28-62(32-39(52)34-67-2)26-6-4-12-41-18-14-37-10-8-24-55-48(37)59-41/h13-20,29-30,38-39,43-44H,3-12,21-28,31-34,53H2,1-2H3,(H,54,58)(H,55,59)(H,57,60)(H,63,64)/t38-,39-,43-,44-/m0/s1. The Morgan fingerprint density at radius 1 is 0.750 bits per heavy atom. The highest BCUT2D eigenvalue weighted by molar-refractivity contribution is 5.78. The van der Waals surface area contributed by atoms with Crippen LogP contribution in [0.3, 0.4) is 0 Å². The Hall–Kier alpha value is -5.40. The van der Waals surface area contributed by atoms with Crippen molar-refractivity contribution in [3.05, 3.63) is 83.4 Å². The van der Waals surface area contributed by atoms with E-state index < -0.39 is 36.4 Å². The Labute approximate surface area is 399 Å². The number of aliphatic carboxylic acids is 1. The van der Waals surface area contributed by atoms with Gasteiger partial charge in [0.2, 0.25) is 0 Å². The van der Waals surface area contributed by atoms with E-state index in [0.29, 0.717) is 43.2 Å². The molecule has 16 nitrogen and oxygen atoms in total. The zero-order valence-corrected chi connectivity index (χ0v) is 39.6. The van der Waals surface area contributed by atoms with E-state index in [1.54, 1.807) is 24.3 Å². The maximum atomic E-state index is 14.7. The first kappa shape index (κ1) is 52.0. The van der Waals surface area contributed by atoms with Crippen molar-refractivity contribution in [1.29, 1.82) is 0 Å². The highest BCUT2D eigenvalue weighted by Crippen LogP contribution is 2.24. The van der Waals surface area contributed by atoms with Gasteiger partial charge in [0, 0.05) is 70.4 Å². The summed E-state index contributed by atoms with van der Waals surface area (Å²) in [6.07, 6.45) is 10.4. The number of nitrogens with two attached hydrogens (primary N) is 1. The van der Waals surface area contributed by atoms with E-state index in [4.69, 9.17) is 29.9 Å². The normalized spacial score (nSPS) is 15.1. The Balaban J connectivity index is 0.937. The van der Waals surface area contributed by atoms with Gasteiger partial charge >= 0.3 is 11.9 Å². The highest BCUT2D eigenvalue weighted by atomic mass is 19.1. The summed E-state index contributed by atoms with van der Waals surface area (Å²) in [5, 5.41) is 19.8. The number of nitrogens with one attached hydrogen (secondary N) is 3. The molecule has 18 heteroatoms. The molecule has 4 atom stereocenters. The molecule has 0 spiro atoms. The van der Waals surface area contributed by atoms with Crippen molar-refractivity contribution >= 4 is 29.4 Å². The SMILES string of the molecule is COC[C@@H](F)CN(CCCCc1ccc2c(n1)NCCC2)CC[C@H](Nc1cnc(-c2ccc(OC(=O)[C@@H](N)CCN(CCCCc3ccc4c(n3)NCCC4)C[C@H](F)COC)cc2)cn1)C(=O)O. The van der Waals surface area contributed by atoms with Crippen molar-refractivity contribution in [1.82, 2.24) is 29.7 Å². The van der Waals surface area contributed by atoms with Gasteiger partial charge in [-0.1, -0.05) is 12.1 Å². The van der Waals surface area contributed by atoms with Gasteiger partial charge in [0.05, 0.1) is 31.3 Å². The number of carbonyl (C=O) groups excluding carboxylic acids is 1. The first-order chi connectivity index (χ1) is 33.1. The Bertz CT molecular complexity index is 2160. The van der Waals surface area contributed by atoms with Gasteiger partial charge in [-0.2, -0.15) is 0 Å². The molecule has 4 aromatic rings. The number of rotatable bonds is 30. The summed E-state index contributed by atoms with van der Waals surface area (Å²) in [5.41, 5.74) is 12.1. The minimum Gasteiger partial charge on any atom is -0.480 e. The number of alkyl halides is 2. The fourth-order valence-corrected chi connectivity index (χ4v) is 8.54. The maximum Gasteiger partial charge on any atom is 0.328 e. The van der Waals surface area contributed by atoms with Gasteiger partial charge in [0.25, 0.3) is 0 Å². The second kappa shape index (κ2) is 27.6. The fraction of sp³-hybridized carbons (Fsp3) is 0.560. The monoisotopic (exact) mass is 945 g/mol. The molecule has 68 heavy (non-hydrogen) atoms. The van der Waals surface area contributed by atoms with Crippen molar-refractivity contribution < 1.29 is 37.7 Å². The Morgan fingerprint density at radius 2 is 1.31 bits per heavy atom. The lowest BCUT2D eigenvalue weighted by atomic mass is 10.1. The molecule has 2 aliphatic rings. The molecule has 0 saturated heterocycles. The number of anilines is 3. The van der Waals surface area contributed by atoms with E-state index in [1.807, 2.05) is 9.80 Å². The molecule has 0 fully saturated rings. The molecule has 0 saturated carbocycles. The lowest BCUT2D eigenvalue weighted by Gasteiger charge is -2.26. The number of esters is 1. The van der Waals surface area contributed by atoms with Gasteiger partial charge in [0.1, 0.15) is 47.6 Å². The van der Waals surface area contributed by atoms with Crippen LogP contribution in [0.15, 0.2) is 60.9 Å². The van der Waals surface area contributed by atoms with E-state index >= 15 is 0 Å². The van der Waals surface area contributed by atoms with E-state index in [9.17, 15) is 23.5 Å². The zero-order valence-electron chi connectivity index (χ0n) is 39.6. The van der Waals surface area contributed by atoms with Crippen LogP contribution in [-0.2, 0) is 44.7 Å². The lowest BCUT2D eigenvalue weighted by molar-refractivity contribution is -0.138. The lowest BCUT2D eigenvalue weighted by Crippen LogP contribution is -2.40. The highest BCUT2D eigenvalue weighted by Gasteiger charge is 2.23. The number of pyridine rings is 2. The van der Waals surface area contributed by atoms with Crippen LogP contribution in [0.1, 0.15) is 73.9 Å². The number of nitrogens with zero attached hydrogens (tertiary/aromatic N) is 6. The number of fused-ring (bicyclic) bond motifs is 2. The minimum absolute atomic E-state index is 0.0153. The van der Waals surface area contributed by atoms with E-state index in [-0.39, 0.29) is 45.0 Å². The first-order valence-corrected chi connectivity index (χ1v) is 24.1. The van der Waals surface area contributed by atoms with E-state index in [2.05, 4.69) is 50.2 Å². The first-order valence-electron chi connectivity index (χ1n) is 24.1. The predicted octanol–water partition coefficient (Wildman–Crippen LogP) is 6.15. The maximum absolute atomic E-state index is 14.7. The molecule has 0 aliphatic carbocycles. The van der Waals surface area contributed by atoms with Gasteiger partial charge in [0.15, 0.2) is 0 Å². The molecule has 5 heterocycles. The molecular formula is C50H70F2N10O6. The second-order valence-corrected chi connectivity index (χ2v) is 17.8. The van der Waals surface area contributed by atoms with Crippen LogP contribution in [0.25, 0.3) is 11.3 Å². The molecule has 0 unspecified atom stereocenters. The summed E-state index contributed by atoms with van der Waals surface area (Å²) in [6, 6.07) is 13.3. The number of ether oxygens (including phenoxy) is 3. The van der Waals surface area contributed by atoms with Crippen LogP contribution in [-0.4, -0.2) is 151 Å². The summed E-state index contributed by atoms with van der Waals surface area (Å²) in [7, 11) is 2.93. The average molecular weight is 945 g/mol. The number of unbranched alkanes of at least 4 members (excludes halogenated alkanes) is 2. The topological polar surface area (TPSA) is 202 Å².